The first-order valence-electron chi connectivity index (χ1n) is 4.85. The van der Waals surface area contributed by atoms with Crippen molar-refractivity contribution in [3.05, 3.63) is 22.8 Å². The lowest BCUT2D eigenvalue weighted by Gasteiger charge is -2.13. The van der Waals surface area contributed by atoms with Crippen LogP contribution in [0.3, 0.4) is 0 Å². The van der Waals surface area contributed by atoms with E-state index in [0.717, 1.165) is 0 Å². The van der Waals surface area contributed by atoms with Gasteiger partial charge in [0.15, 0.2) is 6.29 Å². The van der Waals surface area contributed by atoms with E-state index in [9.17, 15) is 14.7 Å². The zero-order valence-electron chi connectivity index (χ0n) is 9.53. The van der Waals surface area contributed by atoms with Crippen LogP contribution in [0.4, 0.5) is 0 Å². The van der Waals surface area contributed by atoms with Crippen molar-refractivity contribution in [3.63, 3.8) is 0 Å². The fourth-order valence-electron chi connectivity index (χ4n) is 1.62. The molecule has 0 saturated heterocycles. The van der Waals surface area contributed by atoms with Crippen molar-refractivity contribution in [1.29, 1.82) is 0 Å². The topological polar surface area (TPSA) is 63.6 Å². The number of carbonyl (C=O) groups is 2. The molecular formula is C12H14O4. The molecule has 1 rings (SSSR count). The summed E-state index contributed by atoms with van der Waals surface area (Å²) < 4.78 is 5.07. The van der Waals surface area contributed by atoms with Gasteiger partial charge in [0.25, 0.3) is 0 Å². The molecule has 4 heteroatoms. The molecule has 0 bridgehead atoms. The molecule has 0 aliphatic carbocycles. The molecule has 0 fully saturated rings. The molecule has 4 nitrogen and oxygen atoms in total. The van der Waals surface area contributed by atoms with Crippen LogP contribution in [-0.4, -0.2) is 24.3 Å². The van der Waals surface area contributed by atoms with Crippen LogP contribution in [0.1, 0.15) is 28.4 Å². The smallest absolute Gasteiger partial charge is 0.154 e. The second-order valence-electron chi connectivity index (χ2n) is 3.62. The molecule has 0 spiro atoms. The van der Waals surface area contributed by atoms with E-state index in [1.165, 1.54) is 20.1 Å². The third-order valence-corrected chi connectivity index (χ3v) is 2.39. The van der Waals surface area contributed by atoms with E-state index in [2.05, 4.69) is 0 Å². The molecule has 1 aromatic rings. The zero-order chi connectivity index (χ0) is 12.3. The van der Waals surface area contributed by atoms with Crippen LogP contribution in [-0.2, 0) is 11.2 Å². The number of phenols is 1. The number of aldehydes is 1. The second kappa shape index (κ2) is 4.79. The molecule has 0 saturated carbocycles. The standard InChI is InChI=1S/C12H14O4/c1-7(14)4-9-5-11(15)8(2)12(16-3)10(9)6-13/h5-6,15H,4H2,1-3H3. The van der Waals surface area contributed by atoms with E-state index >= 15 is 0 Å². The number of carbonyl (C=O) groups excluding carboxylic acids is 2. The molecule has 86 valence electrons. The van der Waals surface area contributed by atoms with Gasteiger partial charge in [-0.25, -0.2) is 0 Å². The van der Waals surface area contributed by atoms with E-state index < -0.39 is 0 Å². The number of aromatic hydroxyl groups is 1. The maximum Gasteiger partial charge on any atom is 0.154 e. The van der Waals surface area contributed by atoms with Crippen molar-refractivity contribution < 1.29 is 19.4 Å². The fraction of sp³-hybridized carbons (Fsp3) is 0.333. The third-order valence-electron chi connectivity index (χ3n) is 2.39. The van der Waals surface area contributed by atoms with Crippen molar-refractivity contribution in [2.45, 2.75) is 20.3 Å². The first-order valence-corrected chi connectivity index (χ1v) is 4.85. The summed E-state index contributed by atoms with van der Waals surface area (Å²) in [5, 5.41) is 9.64. The van der Waals surface area contributed by atoms with Crippen molar-refractivity contribution in [1.82, 2.24) is 0 Å². The molecule has 1 aromatic carbocycles. The normalized spacial score (nSPS) is 9.94. The Hall–Kier alpha value is -1.84. The molecular weight excluding hydrogens is 208 g/mol. The first kappa shape index (κ1) is 12.2. The lowest BCUT2D eigenvalue weighted by Crippen LogP contribution is -2.04. The Morgan fingerprint density at radius 3 is 2.62 bits per heavy atom. The summed E-state index contributed by atoms with van der Waals surface area (Å²) in [6.07, 6.45) is 0.752. The maximum absolute atomic E-state index is 11.0. The van der Waals surface area contributed by atoms with Crippen LogP contribution in [0, 0.1) is 6.92 Å². The van der Waals surface area contributed by atoms with Crippen molar-refractivity contribution in [3.8, 4) is 11.5 Å². The van der Waals surface area contributed by atoms with Crippen LogP contribution in [0.5, 0.6) is 11.5 Å². The molecule has 0 aliphatic rings. The number of methoxy groups -OCH3 is 1. The molecule has 0 radical (unpaired) electrons. The van der Waals surface area contributed by atoms with Gasteiger partial charge in [0.1, 0.15) is 17.3 Å². The minimum Gasteiger partial charge on any atom is -0.508 e. The number of hydrogen-bond acceptors (Lipinski definition) is 4. The highest BCUT2D eigenvalue weighted by molar-refractivity contribution is 5.88. The summed E-state index contributed by atoms with van der Waals surface area (Å²) in [6, 6.07) is 1.43. The number of benzene rings is 1. The van der Waals surface area contributed by atoms with E-state index in [4.69, 9.17) is 4.74 Å². The fourth-order valence-corrected chi connectivity index (χ4v) is 1.62. The molecule has 0 unspecified atom stereocenters. The number of Topliss-reactive ketones (excluding diaryl/α,β-unsaturated/α-hetero) is 1. The van der Waals surface area contributed by atoms with Crippen molar-refractivity contribution in [2.75, 3.05) is 7.11 Å². The molecule has 0 aliphatic heterocycles. The Morgan fingerprint density at radius 1 is 1.56 bits per heavy atom. The van der Waals surface area contributed by atoms with E-state index in [1.807, 2.05) is 0 Å². The van der Waals surface area contributed by atoms with Gasteiger partial charge in [-0.3, -0.25) is 9.59 Å². The van der Waals surface area contributed by atoms with Crippen LogP contribution in [0.15, 0.2) is 6.07 Å². The number of ketones is 1. The molecule has 0 atom stereocenters. The van der Waals surface area contributed by atoms with Gasteiger partial charge in [0.05, 0.1) is 12.7 Å². The highest BCUT2D eigenvalue weighted by Crippen LogP contribution is 2.32. The Balaban J connectivity index is 3.43. The summed E-state index contributed by atoms with van der Waals surface area (Å²) in [5.74, 6) is 0.276. The van der Waals surface area contributed by atoms with Crippen LogP contribution in [0.25, 0.3) is 0 Å². The minimum absolute atomic E-state index is 0.0266. The van der Waals surface area contributed by atoms with Crippen LogP contribution in [0.2, 0.25) is 0 Å². The predicted molar refractivity (Wildman–Crippen MR) is 59.2 cm³/mol. The number of phenolic OH excluding ortho intramolecular Hbond substituents is 1. The van der Waals surface area contributed by atoms with E-state index in [-0.39, 0.29) is 18.0 Å². The summed E-state index contributed by atoms with van der Waals surface area (Å²) >= 11 is 0. The van der Waals surface area contributed by atoms with Crippen molar-refractivity contribution in [2.24, 2.45) is 0 Å². The second-order valence-corrected chi connectivity index (χ2v) is 3.62. The number of ether oxygens (including phenoxy) is 1. The summed E-state index contributed by atoms with van der Waals surface area (Å²) in [4.78, 5) is 22.0. The quantitative estimate of drug-likeness (QED) is 0.787. The Bertz CT molecular complexity index is 435. The van der Waals surface area contributed by atoms with Gasteiger partial charge < -0.3 is 9.84 Å². The Labute approximate surface area is 93.9 Å². The highest BCUT2D eigenvalue weighted by Gasteiger charge is 2.16. The van der Waals surface area contributed by atoms with Crippen molar-refractivity contribution >= 4 is 12.1 Å². The summed E-state index contributed by atoms with van der Waals surface area (Å²) in [5.41, 5.74) is 1.31. The van der Waals surface area contributed by atoms with Gasteiger partial charge in [-0.15, -0.1) is 0 Å². The zero-order valence-corrected chi connectivity index (χ0v) is 9.53. The van der Waals surface area contributed by atoms with Gasteiger partial charge in [0.2, 0.25) is 0 Å². The molecule has 16 heavy (non-hydrogen) atoms. The largest absolute Gasteiger partial charge is 0.508 e. The Kier molecular flexibility index (Phi) is 3.66. The van der Waals surface area contributed by atoms with Crippen LogP contribution >= 0.6 is 0 Å². The maximum atomic E-state index is 11.0. The Morgan fingerprint density at radius 2 is 2.19 bits per heavy atom. The third kappa shape index (κ3) is 2.21. The first-order chi connectivity index (χ1) is 7.51. The SMILES string of the molecule is COc1c(C)c(O)cc(CC(C)=O)c1C=O. The molecule has 1 N–H and O–H groups in total. The average Bonchev–Trinajstić information content (AvgIpc) is 2.21. The van der Waals surface area contributed by atoms with Gasteiger partial charge in [-0.2, -0.15) is 0 Å². The van der Waals surface area contributed by atoms with E-state index in [1.54, 1.807) is 6.92 Å². The van der Waals surface area contributed by atoms with Gasteiger partial charge in [-0.05, 0) is 25.5 Å². The number of rotatable bonds is 4. The monoisotopic (exact) mass is 222 g/mol. The lowest BCUT2D eigenvalue weighted by atomic mass is 9.99. The molecule has 0 aromatic heterocycles. The number of hydrogen-bond donors (Lipinski definition) is 1. The van der Waals surface area contributed by atoms with Gasteiger partial charge >= 0.3 is 0 Å². The van der Waals surface area contributed by atoms with Gasteiger partial charge in [0, 0.05) is 12.0 Å². The van der Waals surface area contributed by atoms with Gasteiger partial charge in [-0.1, -0.05) is 0 Å². The summed E-state index contributed by atoms with van der Waals surface area (Å²) in [7, 11) is 1.42. The van der Waals surface area contributed by atoms with Crippen LogP contribution < -0.4 is 4.74 Å². The molecule has 0 amide bonds. The van der Waals surface area contributed by atoms with E-state index in [0.29, 0.717) is 28.7 Å². The lowest BCUT2D eigenvalue weighted by molar-refractivity contribution is -0.116. The minimum atomic E-state index is -0.0755. The summed E-state index contributed by atoms with van der Waals surface area (Å²) in [6.45, 7) is 3.08. The predicted octanol–water partition coefficient (Wildman–Crippen LogP) is 1.65. The average molecular weight is 222 g/mol. The highest BCUT2D eigenvalue weighted by atomic mass is 16.5. The molecule has 0 heterocycles.